The van der Waals surface area contributed by atoms with Gasteiger partial charge in [-0.3, -0.25) is 4.79 Å². The number of hydrogen-bond donors (Lipinski definition) is 2. The molecule has 0 saturated carbocycles. The van der Waals surface area contributed by atoms with Crippen LogP contribution in [0.3, 0.4) is 0 Å². The largest absolute Gasteiger partial charge is 0.350 e. The highest BCUT2D eigenvalue weighted by atomic mass is 32.1. The maximum absolute atomic E-state index is 12.1. The normalized spacial score (nSPS) is 20.4. The van der Waals surface area contributed by atoms with Gasteiger partial charge in [0.15, 0.2) is 5.78 Å². The van der Waals surface area contributed by atoms with E-state index in [0.29, 0.717) is 23.4 Å². The average Bonchev–Trinajstić information content (AvgIpc) is 2.60. The Balaban J connectivity index is 2.13. The quantitative estimate of drug-likeness (QED) is 0.828. The molecule has 0 bridgehead atoms. The van der Waals surface area contributed by atoms with Gasteiger partial charge in [-0.2, -0.15) is 0 Å². The second-order valence-electron chi connectivity index (χ2n) is 6.08. The highest BCUT2D eigenvalue weighted by molar-refractivity contribution is 7.80. The van der Waals surface area contributed by atoms with Crippen LogP contribution in [-0.4, -0.2) is 20.8 Å². The van der Waals surface area contributed by atoms with Crippen LogP contribution in [0.5, 0.6) is 0 Å². The predicted octanol–water partition coefficient (Wildman–Crippen LogP) is 3.09. The number of carbonyl (C=O) groups is 1. The van der Waals surface area contributed by atoms with Crippen LogP contribution in [0.15, 0.2) is 71.9 Å². The van der Waals surface area contributed by atoms with Crippen molar-refractivity contribution < 1.29 is 9.90 Å². The Kier molecular flexibility index (Phi) is 4.70. The van der Waals surface area contributed by atoms with E-state index in [1.54, 1.807) is 4.90 Å². The van der Waals surface area contributed by atoms with Crippen LogP contribution < -0.4 is 5.32 Å². The summed E-state index contributed by atoms with van der Waals surface area (Å²) in [7, 11) is 0. The first-order valence-corrected chi connectivity index (χ1v) is 8.48. The Hall–Kier alpha value is -2.50. The number of carbonyl (C=O) groups excluding carboxylic acids is 1. The lowest BCUT2D eigenvalue weighted by atomic mass is 9.99. The van der Waals surface area contributed by atoms with Crippen LogP contribution in [0.1, 0.15) is 25.0 Å². The third kappa shape index (κ3) is 3.21. The molecule has 2 N–H and O–H groups in total. The maximum Gasteiger partial charge on any atom is 0.245 e. The molecule has 1 unspecified atom stereocenters. The number of rotatable bonds is 4. The van der Waals surface area contributed by atoms with Crippen molar-refractivity contribution in [1.82, 2.24) is 10.2 Å². The van der Waals surface area contributed by atoms with Gasteiger partial charge in [-0.05, 0) is 19.4 Å². The first-order chi connectivity index (χ1) is 11.9. The van der Waals surface area contributed by atoms with Gasteiger partial charge in [0.05, 0.1) is 5.57 Å². The third-order valence-electron chi connectivity index (χ3n) is 4.38. The molecule has 1 aliphatic rings. The highest BCUT2D eigenvalue weighted by Crippen LogP contribution is 2.34. The topological polar surface area (TPSA) is 52.6 Å². The zero-order valence-corrected chi connectivity index (χ0v) is 15.0. The molecule has 0 aliphatic carbocycles. The summed E-state index contributed by atoms with van der Waals surface area (Å²) in [5.41, 5.74) is 2.78. The molecule has 4 nitrogen and oxygen atoms in total. The standard InChI is InChI=1S/C20H20N2O2S/c1-14-18(15(2)23)19(25)21-20(24,17-11-7-4-8-12-17)22(14)13-16-9-5-3-6-10-16/h3-12,24H,13H2,1-2H3,(H,21,25). The molecule has 1 heterocycles. The Morgan fingerprint density at radius 2 is 1.68 bits per heavy atom. The number of thiocarbonyl (C=S) groups is 1. The highest BCUT2D eigenvalue weighted by Gasteiger charge is 2.43. The van der Waals surface area contributed by atoms with Gasteiger partial charge >= 0.3 is 0 Å². The fourth-order valence-corrected chi connectivity index (χ4v) is 3.58. The van der Waals surface area contributed by atoms with Gasteiger partial charge in [0.1, 0.15) is 4.99 Å². The summed E-state index contributed by atoms with van der Waals surface area (Å²) in [6.45, 7) is 3.74. The summed E-state index contributed by atoms with van der Waals surface area (Å²) in [6, 6.07) is 19.1. The van der Waals surface area contributed by atoms with E-state index in [2.05, 4.69) is 5.32 Å². The summed E-state index contributed by atoms with van der Waals surface area (Å²) in [4.78, 5) is 14.1. The lowest BCUT2D eigenvalue weighted by Gasteiger charge is -2.46. The Bertz CT molecular complexity index is 833. The van der Waals surface area contributed by atoms with Crippen LogP contribution in [0.25, 0.3) is 0 Å². The van der Waals surface area contributed by atoms with Crippen molar-refractivity contribution in [2.45, 2.75) is 26.2 Å². The minimum atomic E-state index is -1.52. The van der Waals surface area contributed by atoms with E-state index in [0.717, 1.165) is 5.56 Å². The van der Waals surface area contributed by atoms with Crippen molar-refractivity contribution in [3.8, 4) is 0 Å². The number of Topliss-reactive ketones (excluding diaryl/α,β-unsaturated/α-hetero) is 1. The fourth-order valence-electron chi connectivity index (χ4n) is 3.14. The molecule has 0 fully saturated rings. The van der Waals surface area contributed by atoms with Crippen LogP contribution in [0, 0.1) is 0 Å². The summed E-state index contributed by atoms with van der Waals surface area (Å²) >= 11 is 5.37. The van der Waals surface area contributed by atoms with Crippen LogP contribution >= 0.6 is 12.2 Å². The molecule has 0 radical (unpaired) electrons. The molecule has 25 heavy (non-hydrogen) atoms. The van der Waals surface area contributed by atoms with Crippen molar-refractivity contribution in [2.24, 2.45) is 0 Å². The SMILES string of the molecule is CC(=O)C1=C(C)N(Cc2ccccc2)C(O)(c2ccccc2)NC1=S. The molecular weight excluding hydrogens is 332 g/mol. The summed E-state index contributed by atoms with van der Waals surface area (Å²) in [6.07, 6.45) is 0. The number of nitrogens with one attached hydrogen (secondary N) is 1. The van der Waals surface area contributed by atoms with Gasteiger partial charge in [-0.25, -0.2) is 0 Å². The lowest BCUT2D eigenvalue weighted by molar-refractivity contribution is -0.123. The van der Waals surface area contributed by atoms with Crippen molar-refractivity contribution in [3.05, 3.63) is 83.1 Å². The zero-order valence-electron chi connectivity index (χ0n) is 14.2. The number of ketones is 1. The summed E-state index contributed by atoms with van der Waals surface area (Å²) < 4.78 is 0. The molecule has 1 atom stereocenters. The predicted molar refractivity (Wildman–Crippen MR) is 101 cm³/mol. The van der Waals surface area contributed by atoms with Crippen LogP contribution in [0.4, 0.5) is 0 Å². The van der Waals surface area contributed by atoms with Gasteiger partial charge in [0.25, 0.3) is 0 Å². The Labute approximate surface area is 152 Å². The monoisotopic (exact) mass is 352 g/mol. The number of nitrogens with zero attached hydrogens (tertiary/aromatic N) is 1. The van der Waals surface area contributed by atoms with Gasteiger partial charge in [-0.1, -0.05) is 72.9 Å². The van der Waals surface area contributed by atoms with E-state index >= 15 is 0 Å². The van der Waals surface area contributed by atoms with E-state index in [1.165, 1.54) is 6.92 Å². The van der Waals surface area contributed by atoms with Crippen molar-refractivity contribution in [2.75, 3.05) is 0 Å². The van der Waals surface area contributed by atoms with Crippen molar-refractivity contribution in [3.63, 3.8) is 0 Å². The smallest absolute Gasteiger partial charge is 0.245 e. The molecule has 0 saturated heterocycles. The van der Waals surface area contributed by atoms with E-state index in [4.69, 9.17) is 12.2 Å². The zero-order chi connectivity index (χ0) is 18.0. The van der Waals surface area contributed by atoms with Crippen molar-refractivity contribution >= 4 is 23.0 Å². The van der Waals surface area contributed by atoms with Gasteiger partial charge in [0, 0.05) is 17.8 Å². The van der Waals surface area contributed by atoms with E-state index in [1.807, 2.05) is 67.6 Å². The van der Waals surface area contributed by atoms with Crippen molar-refractivity contribution in [1.29, 1.82) is 0 Å². The first kappa shape index (κ1) is 17.3. The molecule has 2 aromatic carbocycles. The van der Waals surface area contributed by atoms with Gasteiger partial charge < -0.3 is 15.3 Å². The van der Waals surface area contributed by atoms with Gasteiger partial charge in [-0.15, -0.1) is 0 Å². The second kappa shape index (κ2) is 6.78. The molecule has 0 amide bonds. The van der Waals surface area contributed by atoms with E-state index in [-0.39, 0.29) is 10.8 Å². The molecule has 3 rings (SSSR count). The number of benzene rings is 2. The summed E-state index contributed by atoms with van der Waals surface area (Å²) in [5.74, 6) is -1.64. The molecule has 128 valence electrons. The van der Waals surface area contributed by atoms with Gasteiger partial charge in [0.2, 0.25) is 5.85 Å². The lowest BCUT2D eigenvalue weighted by Crippen LogP contribution is -2.61. The fraction of sp³-hybridized carbons (Fsp3) is 0.200. The molecule has 2 aromatic rings. The second-order valence-corrected chi connectivity index (χ2v) is 6.49. The van der Waals surface area contributed by atoms with Crippen LogP contribution in [-0.2, 0) is 17.2 Å². The number of aliphatic hydroxyl groups is 1. The maximum atomic E-state index is 12.1. The average molecular weight is 352 g/mol. The summed E-state index contributed by atoms with van der Waals surface area (Å²) in [5, 5.41) is 14.5. The molecule has 0 aromatic heterocycles. The van der Waals surface area contributed by atoms with E-state index in [9.17, 15) is 9.90 Å². The number of allylic oxidation sites excluding steroid dienone is 1. The van der Waals surface area contributed by atoms with Crippen LogP contribution in [0.2, 0.25) is 0 Å². The molecule has 1 aliphatic heterocycles. The minimum Gasteiger partial charge on any atom is -0.350 e. The molecule has 5 heteroatoms. The number of hydrogen-bond acceptors (Lipinski definition) is 4. The third-order valence-corrected chi connectivity index (χ3v) is 4.69. The molecular formula is C20H20N2O2S. The Morgan fingerprint density at radius 1 is 1.12 bits per heavy atom. The first-order valence-electron chi connectivity index (χ1n) is 8.07. The Morgan fingerprint density at radius 3 is 2.24 bits per heavy atom. The molecule has 0 spiro atoms. The minimum absolute atomic E-state index is 0.122. The van der Waals surface area contributed by atoms with E-state index < -0.39 is 5.85 Å².